The number of amides is 2. The number of hydrogen-bond donors (Lipinski definition) is 3. The fourth-order valence-electron chi connectivity index (χ4n) is 3.41. The summed E-state index contributed by atoms with van der Waals surface area (Å²) in [5.74, 6) is -2.75. The summed E-state index contributed by atoms with van der Waals surface area (Å²) in [5.41, 5.74) is -1.69. The molecule has 3 heterocycles. The van der Waals surface area contributed by atoms with Gasteiger partial charge in [-0.15, -0.1) is 24.4 Å². The number of aliphatic carboxylic acids is 1. The van der Waals surface area contributed by atoms with Gasteiger partial charge in [0.15, 0.2) is 10.7 Å². The largest absolute Gasteiger partial charge is 0.477 e. The van der Waals surface area contributed by atoms with E-state index in [9.17, 15) is 29.1 Å². The molecule has 0 spiro atoms. The number of thiol groups is 1. The molecule has 160 valence electrons. The topological polar surface area (TPSA) is 143 Å². The number of furan rings is 1. The molecule has 2 amide bonds. The third kappa shape index (κ3) is 4.10. The minimum Gasteiger partial charge on any atom is -0.477 e. The van der Waals surface area contributed by atoms with Crippen LogP contribution in [0.2, 0.25) is 0 Å². The van der Waals surface area contributed by atoms with Crippen LogP contribution in [0.15, 0.2) is 34.1 Å². The van der Waals surface area contributed by atoms with Crippen LogP contribution in [-0.2, 0) is 35.1 Å². The van der Waals surface area contributed by atoms with Crippen LogP contribution in [0.4, 0.5) is 0 Å². The summed E-state index contributed by atoms with van der Waals surface area (Å²) in [6.45, 7) is 0.913. The molecule has 12 heteroatoms. The van der Waals surface area contributed by atoms with Crippen molar-refractivity contribution in [2.24, 2.45) is 0 Å². The van der Waals surface area contributed by atoms with Gasteiger partial charge in [0.2, 0.25) is 5.91 Å². The van der Waals surface area contributed by atoms with Crippen molar-refractivity contribution in [1.29, 1.82) is 0 Å². The average molecular weight is 454 g/mol. The van der Waals surface area contributed by atoms with Crippen LogP contribution in [0.25, 0.3) is 0 Å². The monoisotopic (exact) mass is 454 g/mol. The lowest BCUT2D eigenvalue weighted by atomic mass is 9.83. The Morgan fingerprint density at radius 1 is 1.43 bits per heavy atom. The van der Waals surface area contributed by atoms with Crippen LogP contribution < -0.4 is 5.32 Å². The molecular weight excluding hydrogens is 436 g/mol. The number of carbonyl (C=O) groups is 5. The normalized spacial score (nSPS) is 22.8. The van der Waals surface area contributed by atoms with Gasteiger partial charge in [-0.2, -0.15) is 0 Å². The Bertz CT molecular complexity index is 942. The SMILES string of the molecule is CC(=O)OCC1=C(C(=O)O)N2C(=O)[C@](CC(=O)S)(NC(=O)Cc3ccco3)[C@H]2SC1. The molecule has 30 heavy (non-hydrogen) atoms. The molecule has 0 unspecified atom stereocenters. The summed E-state index contributed by atoms with van der Waals surface area (Å²) >= 11 is 4.91. The van der Waals surface area contributed by atoms with Gasteiger partial charge in [0.1, 0.15) is 23.4 Å². The maximum Gasteiger partial charge on any atom is 0.352 e. The summed E-state index contributed by atoms with van der Waals surface area (Å²) in [7, 11) is 0. The van der Waals surface area contributed by atoms with E-state index in [1.165, 1.54) is 13.2 Å². The van der Waals surface area contributed by atoms with E-state index in [0.29, 0.717) is 5.76 Å². The Hall–Kier alpha value is -2.73. The first kappa shape index (κ1) is 22.0. The molecule has 3 rings (SSSR count). The quantitative estimate of drug-likeness (QED) is 0.288. The van der Waals surface area contributed by atoms with Crippen molar-refractivity contribution in [3.05, 3.63) is 35.4 Å². The van der Waals surface area contributed by atoms with E-state index in [4.69, 9.17) is 9.15 Å². The number of esters is 1. The Labute approximate surface area is 180 Å². The zero-order valence-electron chi connectivity index (χ0n) is 15.7. The number of nitrogens with one attached hydrogen (secondary N) is 1. The summed E-state index contributed by atoms with van der Waals surface area (Å²) in [6.07, 6.45) is 0.843. The minimum absolute atomic E-state index is 0.139. The summed E-state index contributed by atoms with van der Waals surface area (Å²) in [5, 5.41) is 10.8. The molecule has 1 saturated heterocycles. The fraction of sp³-hybridized carbons (Fsp3) is 0.389. The van der Waals surface area contributed by atoms with Gasteiger partial charge in [0.05, 0.1) is 19.1 Å². The molecular formula is C18H18N2O8S2. The van der Waals surface area contributed by atoms with Gasteiger partial charge >= 0.3 is 11.9 Å². The smallest absolute Gasteiger partial charge is 0.352 e. The fourth-order valence-corrected chi connectivity index (χ4v) is 5.12. The van der Waals surface area contributed by atoms with Crippen molar-refractivity contribution < 1.29 is 38.2 Å². The van der Waals surface area contributed by atoms with Gasteiger partial charge < -0.3 is 19.6 Å². The van der Waals surface area contributed by atoms with Crippen LogP contribution in [0, 0.1) is 0 Å². The van der Waals surface area contributed by atoms with E-state index in [1.807, 2.05) is 0 Å². The van der Waals surface area contributed by atoms with Crippen molar-refractivity contribution in [3.8, 4) is 0 Å². The van der Waals surface area contributed by atoms with Gasteiger partial charge in [-0.3, -0.25) is 24.1 Å². The standard InChI is InChI=1S/C18H18N2O8S2/c1-9(21)28-7-10-8-30-17-18(6-13(23)29,16(26)20(17)14(10)15(24)25)19-12(22)5-11-3-2-4-27-11/h2-4,17H,5-8H2,1H3,(H,19,22)(H,23,29)(H,24,25)/t17-,18+/m1/s1. The molecule has 2 aliphatic rings. The lowest BCUT2D eigenvalue weighted by Gasteiger charge is -2.57. The number of ether oxygens (including phenoxy) is 1. The third-order valence-electron chi connectivity index (χ3n) is 4.61. The number of rotatable bonds is 8. The summed E-state index contributed by atoms with van der Waals surface area (Å²) < 4.78 is 10.0. The second-order valence-corrected chi connectivity index (χ2v) is 8.29. The zero-order valence-corrected chi connectivity index (χ0v) is 17.5. The number of nitrogens with zero attached hydrogens (tertiary/aromatic N) is 1. The van der Waals surface area contributed by atoms with Crippen LogP contribution >= 0.6 is 24.4 Å². The Balaban J connectivity index is 1.88. The van der Waals surface area contributed by atoms with E-state index in [2.05, 4.69) is 17.9 Å². The molecule has 0 bridgehead atoms. The molecule has 0 saturated carbocycles. The molecule has 1 aromatic rings. The third-order valence-corrected chi connectivity index (χ3v) is 6.21. The van der Waals surface area contributed by atoms with Crippen molar-refractivity contribution in [2.75, 3.05) is 12.4 Å². The summed E-state index contributed by atoms with van der Waals surface area (Å²) in [4.78, 5) is 61.3. The zero-order chi connectivity index (χ0) is 22.1. The minimum atomic E-state index is -1.62. The highest BCUT2D eigenvalue weighted by Crippen LogP contribution is 2.48. The lowest BCUT2D eigenvalue weighted by Crippen LogP contribution is -2.80. The van der Waals surface area contributed by atoms with Crippen molar-refractivity contribution >= 4 is 53.3 Å². The molecule has 1 aromatic heterocycles. The highest BCUT2D eigenvalue weighted by Gasteiger charge is 2.65. The number of fused-ring (bicyclic) bond motifs is 1. The van der Waals surface area contributed by atoms with Crippen molar-refractivity contribution in [3.63, 3.8) is 0 Å². The molecule has 0 aromatic carbocycles. The molecule has 2 aliphatic heterocycles. The van der Waals surface area contributed by atoms with Crippen molar-refractivity contribution in [1.82, 2.24) is 10.2 Å². The van der Waals surface area contributed by atoms with E-state index < -0.39 is 46.2 Å². The van der Waals surface area contributed by atoms with Gasteiger partial charge in [0.25, 0.3) is 5.91 Å². The second kappa shape index (κ2) is 8.56. The van der Waals surface area contributed by atoms with E-state index in [-0.39, 0.29) is 30.1 Å². The first-order valence-corrected chi connectivity index (χ1v) is 10.2. The predicted octanol–water partition coefficient (Wildman–Crippen LogP) is 0.341. The first-order chi connectivity index (χ1) is 14.2. The van der Waals surface area contributed by atoms with Gasteiger partial charge in [0, 0.05) is 18.2 Å². The van der Waals surface area contributed by atoms with Crippen LogP contribution in [0.3, 0.4) is 0 Å². The Morgan fingerprint density at radius 3 is 2.73 bits per heavy atom. The average Bonchev–Trinajstić information content (AvgIpc) is 3.16. The van der Waals surface area contributed by atoms with Gasteiger partial charge in [-0.05, 0) is 12.1 Å². The Kier molecular flexibility index (Phi) is 6.27. The second-order valence-electron chi connectivity index (χ2n) is 6.72. The summed E-state index contributed by atoms with van der Waals surface area (Å²) in [6, 6.07) is 3.20. The van der Waals surface area contributed by atoms with E-state index in [1.54, 1.807) is 12.1 Å². The maximum absolute atomic E-state index is 13.1. The molecule has 2 atom stereocenters. The number of hydrogen-bond acceptors (Lipinski definition) is 8. The van der Waals surface area contributed by atoms with Gasteiger partial charge in [-0.1, -0.05) is 0 Å². The highest BCUT2D eigenvalue weighted by molar-refractivity contribution is 8.00. The number of carbonyl (C=O) groups excluding carboxylic acids is 4. The van der Waals surface area contributed by atoms with E-state index >= 15 is 0 Å². The Morgan fingerprint density at radius 2 is 2.17 bits per heavy atom. The number of thioether (sulfide) groups is 1. The molecule has 10 nitrogen and oxygen atoms in total. The molecule has 1 fully saturated rings. The predicted molar refractivity (Wildman–Crippen MR) is 106 cm³/mol. The molecule has 2 N–H and O–H groups in total. The molecule has 0 aliphatic carbocycles. The van der Waals surface area contributed by atoms with Crippen molar-refractivity contribution in [2.45, 2.75) is 30.7 Å². The number of β-lactam (4-membered cyclic amide) rings is 1. The lowest BCUT2D eigenvalue weighted by molar-refractivity contribution is -0.160. The number of carboxylic acid groups (broad SMARTS) is 1. The van der Waals surface area contributed by atoms with Crippen LogP contribution in [0.1, 0.15) is 19.1 Å². The van der Waals surface area contributed by atoms with Crippen LogP contribution in [-0.4, -0.2) is 62.1 Å². The van der Waals surface area contributed by atoms with Gasteiger partial charge in [-0.25, -0.2) is 4.79 Å². The number of carboxylic acids is 1. The molecule has 0 radical (unpaired) electrons. The maximum atomic E-state index is 13.1. The highest BCUT2D eigenvalue weighted by atomic mass is 32.2. The van der Waals surface area contributed by atoms with E-state index in [0.717, 1.165) is 16.7 Å². The first-order valence-electron chi connectivity index (χ1n) is 8.75. The van der Waals surface area contributed by atoms with Crippen LogP contribution in [0.5, 0.6) is 0 Å².